The van der Waals surface area contributed by atoms with E-state index in [9.17, 15) is 22.4 Å². The summed E-state index contributed by atoms with van der Waals surface area (Å²) < 4.78 is 60.2. The van der Waals surface area contributed by atoms with Gasteiger partial charge in [0.2, 0.25) is 5.91 Å². The number of fused-ring (bicyclic) bond motifs is 1. The average Bonchev–Trinajstić information content (AvgIpc) is 3.31. The zero-order valence-corrected chi connectivity index (χ0v) is 25.2. The van der Waals surface area contributed by atoms with Crippen molar-refractivity contribution in [3.05, 3.63) is 108 Å². The van der Waals surface area contributed by atoms with Crippen LogP contribution in [-0.4, -0.2) is 25.2 Å². The van der Waals surface area contributed by atoms with Gasteiger partial charge in [-0.3, -0.25) is 4.79 Å². The summed E-state index contributed by atoms with van der Waals surface area (Å²) >= 11 is 0. The summed E-state index contributed by atoms with van der Waals surface area (Å²) in [6, 6.07) is 26.2. The smallest absolute Gasteiger partial charge is 0.416 e. The van der Waals surface area contributed by atoms with Gasteiger partial charge in [0.1, 0.15) is 17.7 Å². The molecule has 4 aromatic rings. The average molecular weight is 618 g/mol. The molecule has 234 valence electrons. The lowest BCUT2D eigenvalue weighted by atomic mass is 9.68. The number of rotatable bonds is 6. The number of carbonyl (C=O) groups excluding carboxylic acids is 1. The maximum atomic E-state index is 14.7. The van der Waals surface area contributed by atoms with Gasteiger partial charge >= 0.3 is 6.18 Å². The lowest BCUT2D eigenvalue weighted by Gasteiger charge is -2.40. The molecule has 1 amide bonds. The van der Waals surface area contributed by atoms with Crippen molar-refractivity contribution in [1.29, 1.82) is 0 Å². The molecule has 6 rings (SSSR count). The van der Waals surface area contributed by atoms with Crippen LogP contribution in [-0.2, 0) is 11.0 Å². The van der Waals surface area contributed by atoms with E-state index in [0.717, 1.165) is 40.2 Å². The van der Waals surface area contributed by atoms with Crippen molar-refractivity contribution in [3.63, 3.8) is 0 Å². The van der Waals surface area contributed by atoms with Crippen LogP contribution in [0.4, 0.5) is 34.6 Å². The van der Waals surface area contributed by atoms with Crippen molar-refractivity contribution in [2.45, 2.75) is 51.1 Å². The third kappa shape index (κ3) is 6.34. The molecule has 45 heavy (non-hydrogen) atoms. The second kappa shape index (κ2) is 12.1. The Hall–Kier alpha value is -4.53. The highest BCUT2D eigenvalue weighted by Gasteiger charge is 2.41. The van der Waals surface area contributed by atoms with Crippen molar-refractivity contribution in [1.82, 2.24) is 0 Å². The van der Waals surface area contributed by atoms with Crippen LogP contribution in [0.1, 0.15) is 43.7 Å². The minimum atomic E-state index is -4.68. The van der Waals surface area contributed by atoms with Crippen LogP contribution in [0.25, 0.3) is 11.1 Å². The first kappa shape index (κ1) is 30.5. The normalized spacial score (nSPS) is 22.8. The fourth-order valence-electron chi connectivity index (χ4n) is 6.56. The van der Waals surface area contributed by atoms with Crippen LogP contribution in [0.2, 0.25) is 0 Å². The number of benzene rings is 4. The van der Waals surface area contributed by atoms with Gasteiger partial charge in [-0.05, 0) is 90.8 Å². The first-order valence-electron chi connectivity index (χ1n) is 15.1. The first-order valence-corrected chi connectivity index (χ1v) is 15.1. The molecule has 5 nitrogen and oxygen atoms in total. The van der Waals surface area contributed by atoms with Crippen molar-refractivity contribution in [2.75, 3.05) is 22.6 Å². The number of amides is 1. The Kier molecular flexibility index (Phi) is 8.20. The van der Waals surface area contributed by atoms with Gasteiger partial charge in [-0.1, -0.05) is 55.5 Å². The molecule has 9 heteroatoms. The highest BCUT2D eigenvalue weighted by atomic mass is 19.4. The molecule has 1 heterocycles. The zero-order chi connectivity index (χ0) is 31.9. The lowest BCUT2D eigenvalue weighted by Crippen LogP contribution is -2.41. The fourth-order valence-corrected chi connectivity index (χ4v) is 6.56. The van der Waals surface area contributed by atoms with E-state index in [-0.39, 0.29) is 29.8 Å². The number of anilines is 3. The molecule has 5 atom stereocenters. The Morgan fingerprint density at radius 1 is 0.911 bits per heavy atom. The predicted octanol–water partition coefficient (Wildman–Crippen LogP) is 8.94. The van der Waals surface area contributed by atoms with Crippen molar-refractivity contribution in [3.8, 4) is 16.9 Å². The first-order chi connectivity index (χ1) is 21.5. The number of hydrogen-bond donors (Lipinski definition) is 2. The maximum absolute atomic E-state index is 14.7. The van der Waals surface area contributed by atoms with Crippen LogP contribution < -0.4 is 20.3 Å². The summed E-state index contributed by atoms with van der Waals surface area (Å²) in [4.78, 5) is 15.8. The van der Waals surface area contributed by atoms with Crippen molar-refractivity contribution >= 4 is 23.0 Å². The molecule has 1 saturated carbocycles. The largest absolute Gasteiger partial charge is 0.490 e. The Balaban J connectivity index is 1.25. The van der Waals surface area contributed by atoms with E-state index in [4.69, 9.17) is 4.74 Å². The minimum Gasteiger partial charge on any atom is -0.490 e. The van der Waals surface area contributed by atoms with E-state index >= 15 is 0 Å². The second-order valence-corrected chi connectivity index (χ2v) is 12.1. The summed E-state index contributed by atoms with van der Waals surface area (Å²) in [7, 11) is 2.06. The fraction of sp³-hybridized carbons (Fsp3) is 0.306. The van der Waals surface area contributed by atoms with Crippen LogP contribution >= 0.6 is 0 Å². The third-order valence-electron chi connectivity index (χ3n) is 9.23. The Morgan fingerprint density at radius 2 is 1.62 bits per heavy atom. The SMILES string of the molecule is CC1Nc2cc(-c3ccc(C4CC(Oc5ccccc5)CC(C(=O)Nc5ccc(C(F)(F)F)cc5F)[C@@H]4C)cc3)ccc2N1C. The number of carbonyl (C=O) groups is 1. The molecule has 2 aliphatic rings. The second-order valence-electron chi connectivity index (χ2n) is 12.1. The number of nitrogens with zero attached hydrogens (tertiary/aromatic N) is 1. The summed E-state index contributed by atoms with van der Waals surface area (Å²) in [5.74, 6) is -1.66. The standard InChI is InChI=1S/C36H35F4N3O2/c1-21-29(24-11-9-23(10-12-24)25-13-16-34-33(17-25)41-22(2)43(34)3)19-28(45-27-7-5-4-6-8-27)20-30(21)35(44)42-32-15-14-26(18-31(32)37)36(38,39)40/h4-18,21-22,28-30,41H,19-20H2,1-3H3,(H,42,44)/t21-,22?,28?,29?,30?/m1/s1. The van der Waals surface area contributed by atoms with E-state index in [1.54, 1.807) is 0 Å². The molecule has 1 aliphatic carbocycles. The lowest BCUT2D eigenvalue weighted by molar-refractivity contribution is -0.137. The van der Waals surface area contributed by atoms with E-state index in [1.165, 1.54) is 0 Å². The summed E-state index contributed by atoms with van der Waals surface area (Å²) in [6.07, 6.45) is -3.71. The number of ether oxygens (including phenoxy) is 1. The van der Waals surface area contributed by atoms with E-state index in [2.05, 4.69) is 72.0 Å². The highest BCUT2D eigenvalue weighted by Crippen LogP contribution is 2.44. The molecule has 0 bridgehead atoms. The minimum absolute atomic E-state index is 0.0501. The van der Waals surface area contributed by atoms with Gasteiger partial charge in [0.15, 0.2) is 0 Å². The molecular formula is C36H35F4N3O2. The quantitative estimate of drug-likeness (QED) is 0.212. The Bertz CT molecular complexity index is 1680. The van der Waals surface area contributed by atoms with Gasteiger partial charge in [0.05, 0.1) is 28.8 Å². The van der Waals surface area contributed by atoms with E-state index in [0.29, 0.717) is 24.7 Å². The van der Waals surface area contributed by atoms with Gasteiger partial charge in [0.25, 0.3) is 0 Å². The molecule has 2 N–H and O–H groups in total. The number of alkyl halides is 3. The maximum Gasteiger partial charge on any atom is 0.416 e. The van der Waals surface area contributed by atoms with Crippen molar-refractivity contribution < 1.29 is 27.1 Å². The molecule has 4 unspecified atom stereocenters. The molecular weight excluding hydrogens is 582 g/mol. The number of nitrogens with one attached hydrogen (secondary N) is 2. The molecule has 1 aliphatic heterocycles. The van der Waals surface area contributed by atoms with Crippen LogP contribution in [0.5, 0.6) is 5.75 Å². The van der Waals surface area contributed by atoms with E-state index < -0.39 is 29.4 Å². The van der Waals surface area contributed by atoms with E-state index in [1.807, 2.05) is 37.3 Å². The van der Waals surface area contributed by atoms with Crippen LogP contribution in [0, 0.1) is 17.7 Å². The third-order valence-corrected chi connectivity index (χ3v) is 9.23. The summed E-state index contributed by atoms with van der Waals surface area (Å²) in [6.45, 7) is 4.11. The molecule has 4 aromatic carbocycles. The van der Waals surface area contributed by atoms with Gasteiger partial charge in [-0.15, -0.1) is 0 Å². The van der Waals surface area contributed by atoms with Gasteiger partial charge in [-0.2, -0.15) is 13.2 Å². The number of halogens is 4. The molecule has 0 radical (unpaired) electrons. The topological polar surface area (TPSA) is 53.6 Å². The summed E-state index contributed by atoms with van der Waals surface area (Å²) in [5.41, 5.74) is 4.07. The van der Waals surface area contributed by atoms with Gasteiger partial charge < -0.3 is 20.3 Å². The highest BCUT2D eigenvalue weighted by molar-refractivity contribution is 5.93. The van der Waals surface area contributed by atoms with Gasteiger partial charge in [-0.25, -0.2) is 4.39 Å². The molecule has 0 aromatic heterocycles. The molecule has 0 saturated heterocycles. The number of hydrogen-bond acceptors (Lipinski definition) is 4. The summed E-state index contributed by atoms with van der Waals surface area (Å²) in [5, 5.41) is 6.05. The van der Waals surface area contributed by atoms with Crippen LogP contribution in [0.15, 0.2) is 91.0 Å². The monoisotopic (exact) mass is 617 g/mol. The van der Waals surface area contributed by atoms with Crippen LogP contribution in [0.3, 0.4) is 0 Å². The molecule has 1 fully saturated rings. The Labute approximate surface area is 260 Å². The Morgan fingerprint density at radius 3 is 2.31 bits per heavy atom. The number of para-hydroxylation sites is 1. The predicted molar refractivity (Wildman–Crippen MR) is 169 cm³/mol. The van der Waals surface area contributed by atoms with Gasteiger partial charge in [0, 0.05) is 13.0 Å². The van der Waals surface area contributed by atoms with Crippen molar-refractivity contribution in [2.24, 2.45) is 11.8 Å². The zero-order valence-electron chi connectivity index (χ0n) is 25.2. The molecule has 0 spiro atoms.